The van der Waals surface area contributed by atoms with Crippen molar-refractivity contribution in [2.24, 2.45) is 11.5 Å². The number of nitrogens with two attached hydrogens (primary N) is 2. The van der Waals surface area contributed by atoms with Gasteiger partial charge < -0.3 is 36.2 Å². The number of nitrogens with zero attached hydrogens (tertiary/aromatic N) is 2. The Morgan fingerprint density at radius 3 is 1.51 bits per heavy atom. The van der Waals surface area contributed by atoms with Crippen LogP contribution < -0.4 is 16.0 Å². The number of benzene rings is 1. The number of phosphoric ester groups is 1. The fourth-order valence-electron chi connectivity index (χ4n) is 3.15. The standard InChI is InChI=1S/C12H19O4P.2C6H9N3O2/c1-8(2)10-6-5-7-11(9(3)4)12(10)16-17(13,14)15;2*7-5(6(10)11)1-4-2-8-3-9-4/h5-9H,1-4H3,(H2,13,14,15);2*2-3,5H,1,7H2,(H,8,9)(H,10,11)/t;2*5-/m.00/s1. The number of aromatic amines is 2. The Labute approximate surface area is 226 Å². The van der Waals surface area contributed by atoms with E-state index in [0.29, 0.717) is 5.75 Å². The molecule has 0 saturated carbocycles. The zero-order valence-corrected chi connectivity index (χ0v) is 23.1. The first-order chi connectivity index (χ1) is 18.1. The smallest absolute Gasteiger partial charge is 0.480 e. The van der Waals surface area contributed by atoms with Crippen LogP contribution in [0.25, 0.3) is 0 Å². The largest absolute Gasteiger partial charge is 0.524 e. The molecule has 0 fully saturated rings. The summed E-state index contributed by atoms with van der Waals surface area (Å²) in [6.45, 7) is 7.86. The van der Waals surface area contributed by atoms with Crippen molar-refractivity contribution in [3.63, 3.8) is 0 Å². The van der Waals surface area contributed by atoms with Crippen molar-refractivity contribution in [1.29, 1.82) is 0 Å². The lowest BCUT2D eigenvalue weighted by Crippen LogP contribution is -2.32. The van der Waals surface area contributed by atoms with Crippen LogP contribution in [0.15, 0.2) is 43.2 Å². The molecule has 3 rings (SSSR count). The van der Waals surface area contributed by atoms with Gasteiger partial charge >= 0.3 is 19.8 Å². The molecular formula is C24H37N6O8P. The minimum Gasteiger partial charge on any atom is -0.480 e. The third kappa shape index (κ3) is 12.7. The summed E-state index contributed by atoms with van der Waals surface area (Å²) >= 11 is 0. The SMILES string of the molecule is CC(C)c1cccc(C(C)C)c1OP(=O)(O)O.N[C@@H](Cc1cnc[nH]1)C(=O)O.N[C@@H](Cc1cnc[nH]1)C(=O)O. The van der Waals surface area contributed by atoms with Gasteiger partial charge in [0.2, 0.25) is 0 Å². The van der Waals surface area contributed by atoms with Crippen molar-refractivity contribution in [2.75, 3.05) is 0 Å². The van der Waals surface area contributed by atoms with Crippen molar-refractivity contribution in [2.45, 2.75) is 64.5 Å². The third-order valence-electron chi connectivity index (χ3n) is 5.15. The first-order valence-electron chi connectivity index (χ1n) is 11.9. The highest BCUT2D eigenvalue weighted by molar-refractivity contribution is 7.46. The highest BCUT2D eigenvalue weighted by Crippen LogP contribution is 2.44. The van der Waals surface area contributed by atoms with E-state index in [1.54, 1.807) is 12.4 Å². The molecule has 0 unspecified atom stereocenters. The van der Waals surface area contributed by atoms with Crippen LogP contribution in [-0.2, 0) is 27.0 Å². The molecule has 0 spiro atoms. The second-order valence-electron chi connectivity index (χ2n) is 9.11. The van der Waals surface area contributed by atoms with Gasteiger partial charge in [0.05, 0.1) is 12.7 Å². The van der Waals surface area contributed by atoms with Crippen molar-refractivity contribution >= 4 is 19.8 Å². The van der Waals surface area contributed by atoms with Gasteiger partial charge in [0.1, 0.15) is 17.8 Å². The number of carbonyl (C=O) groups is 2. The van der Waals surface area contributed by atoms with Gasteiger partial charge in [0, 0.05) is 36.6 Å². The van der Waals surface area contributed by atoms with E-state index < -0.39 is 31.8 Å². The van der Waals surface area contributed by atoms with Crippen LogP contribution in [-0.4, -0.2) is 64.0 Å². The summed E-state index contributed by atoms with van der Waals surface area (Å²) < 4.78 is 15.9. The predicted molar refractivity (Wildman–Crippen MR) is 143 cm³/mol. The third-order valence-corrected chi connectivity index (χ3v) is 5.57. The Bertz CT molecular complexity index is 1120. The average Bonchev–Trinajstić information content (AvgIpc) is 3.53. The molecule has 2 heterocycles. The number of aliphatic carboxylic acids is 2. The van der Waals surface area contributed by atoms with Gasteiger partial charge in [-0.2, -0.15) is 0 Å². The summed E-state index contributed by atoms with van der Waals surface area (Å²) in [5, 5.41) is 16.8. The lowest BCUT2D eigenvalue weighted by molar-refractivity contribution is -0.139. The fourth-order valence-corrected chi connectivity index (χ4v) is 3.60. The van der Waals surface area contributed by atoms with Crippen LogP contribution >= 0.6 is 7.82 Å². The minimum absolute atomic E-state index is 0.148. The van der Waals surface area contributed by atoms with E-state index in [-0.39, 0.29) is 24.7 Å². The van der Waals surface area contributed by atoms with E-state index in [4.69, 9.17) is 36.0 Å². The molecule has 2 aromatic heterocycles. The average molecular weight is 569 g/mol. The fraction of sp³-hybridized carbons (Fsp3) is 0.417. The number of nitrogens with one attached hydrogen (secondary N) is 2. The molecule has 0 aliphatic heterocycles. The molecule has 2 atom stereocenters. The highest BCUT2D eigenvalue weighted by Gasteiger charge is 2.23. The first-order valence-corrected chi connectivity index (χ1v) is 13.4. The molecule has 0 bridgehead atoms. The number of aromatic nitrogens is 4. The summed E-state index contributed by atoms with van der Waals surface area (Å²) in [7, 11) is -4.52. The lowest BCUT2D eigenvalue weighted by Gasteiger charge is -2.19. The number of imidazole rings is 2. The number of carboxylic acids is 2. The summed E-state index contributed by atoms with van der Waals surface area (Å²) in [6, 6.07) is 3.85. The Morgan fingerprint density at radius 2 is 1.26 bits per heavy atom. The molecule has 1 aromatic carbocycles. The van der Waals surface area contributed by atoms with Crippen LogP contribution in [0, 0.1) is 0 Å². The van der Waals surface area contributed by atoms with Crippen molar-refractivity contribution in [1.82, 2.24) is 19.9 Å². The molecular weight excluding hydrogens is 531 g/mol. The van der Waals surface area contributed by atoms with Gasteiger partial charge in [-0.25, -0.2) is 14.5 Å². The quantitative estimate of drug-likeness (QED) is 0.164. The molecule has 0 saturated heterocycles. The maximum Gasteiger partial charge on any atom is 0.524 e. The summed E-state index contributed by atoms with van der Waals surface area (Å²) in [4.78, 5) is 51.5. The molecule has 10 N–H and O–H groups in total. The molecule has 216 valence electrons. The minimum atomic E-state index is -4.52. The molecule has 0 amide bonds. The molecule has 0 radical (unpaired) electrons. The van der Waals surface area contributed by atoms with Crippen LogP contribution in [0.4, 0.5) is 0 Å². The van der Waals surface area contributed by atoms with E-state index in [1.807, 2.05) is 45.9 Å². The molecule has 14 nitrogen and oxygen atoms in total. The molecule has 0 aliphatic rings. The number of rotatable bonds is 10. The van der Waals surface area contributed by atoms with Crippen LogP contribution in [0.1, 0.15) is 62.0 Å². The van der Waals surface area contributed by atoms with Crippen LogP contribution in [0.2, 0.25) is 0 Å². The Kier molecular flexibility index (Phi) is 13.5. The molecule has 3 aromatic rings. The maximum atomic E-state index is 11.0. The van der Waals surface area contributed by atoms with Crippen molar-refractivity contribution in [3.8, 4) is 5.75 Å². The van der Waals surface area contributed by atoms with E-state index in [2.05, 4.69) is 19.9 Å². The van der Waals surface area contributed by atoms with Gasteiger partial charge in [-0.05, 0) is 23.0 Å². The zero-order chi connectivity index (χ0) is 29.8. The van der Waals surface area contributed by atoms with Gasteiger partial charge in [0.15, 0.2) is 0 Å². The number of phosphoric acid groups is 1. The second kappa shape index (κ2) is 15.8. The second-order valence-corrected chi connectivity index (χ2v) is 10.3. The van der Waals surface area contributed by atoms with Gasteiger partial charge in [-0.3, -0.25) is 19.4 Å². The van der Waals surface area contributed by atoms with E-state index in [1.165, 1.54) is 12.7 Å². The van der Waals surface area contributed by atoms with Crippen LogP contribution in [0.3, 0.4) is 0 Å². The number of H-pyrrole nitrogens is 2. The monoisotopic (exact) mass is 568 g/mol. The Hall–Kier alpha value is -3.55. The lowest BCUT2D eigenvalue weighted by atomic mass is 9.94. The number of hydrogen-bond donors (Lipinski definition) is 8. The van der Waals surface area contributed by atoms with Gasteiger partial charge in [-0.15, -0.1) is 0 Å². The summed E-state index contributed by atoms with van der Waals surface area (Å²) in [6.07, 6.45) is 6.67. The molecule has 15 heteroatoms. The van der Waals surface area contributed by atoms with Crippen molar-refractivity contribution < 1.29 is 38.7 Å². The predicted octanol–water partition coefficient (Wildman–Crippen LogP) is 2.13. The number of para-hydroxylation sites is 1. The zero-order valence-electron chi connectivity index (χ0n) is 22.2. The molecule has 39 heavy (non-hydrogen) atoms. The normalized spacial score (nSPS) is 12.6. The van der Waals surface area contributed by atoms with E-state index >= 15 is 0 Å². The molecule has 0 aliphatic carbocycles. The summed E-state index contributed by atoms with van der Waals surface area (Å²) in [5.74, 6) is -1.38. The van der Waals surface area contributed by atoms with Gasteiger partial charge in [0.25, 0.3) is 0 Å². The maximum absolute atomic E-state index is 11.0. The Balaban J connectivity index is 0.000000304. The van der Waals surface area contributed by atoms with E-state index in [0.717, 1.165) is 22.5 Å². The topological polar surface area (TPSA) is 251 Å². The van der Waals surface area contributed by atoms with E-state index in [9.17, 15) is 14.2 Å². The summed E-state index contributed by atoms with van der Waals surface area (Å²) in [5.41, 5.74) is 13.6. The van der Waals surface area contributed by atoms with Gasteiger partial charge in [-0.1, -0.05) is 45.9 Å². The number of carboxylic acid groups (broad SMARTS) is 2. The highest BCUT2D eigenvalue weighted by atomic mass is 31.2. The Morgan fingerprint density at radius 1 is 0.872 bits per heavy atom. The first kappa shape index (κ1) is 33.5. The van der Waals surface area contributed by atoms with Crippen LogP contribution in [0.5, 0.6) is 5.75 Å². The number of hydrogen-bond acceptors (Lipinski definition) is 8. The van der Waals surface area contributed by atoms with Crippen molar-refractivity contribution in [3.05, 3.63) is 65.8 Å².